The first-order valence-electron chi connectivity index (χ1n) is 7.96. The van der Waals surface area contributed by atoms with Crippen molar-refractivity contribution < 1.29 is 14.5 Å². The number of thioether (sulfide) groups is 1. The van der Waals surface area contributed by atoms with Crippen LogP contribution in [-0.2, 0) is 0 Å². The van der Waals surface area contributed by atoms with E-state index in [1.54, 1.807) is 30.3 Å². The Morgan fingerprint density at radius 3 is 2.69 bits per heavy atom. The number of carbonyl (C=O) groups excluding carboxylic acids is 1. The minimum absolute atomic E-state index is 0.00304. The van der Waals surface area contributed by atoms with E-state index in [4.69, 9.17) is 4.74 Å². The summed E-state index contributed by atoms with van der Waals surface area (Å²) in [6, 6.07) is 11.7. The van der Waals surface area contributed by atoms with Gasteiger partial charge in [0.15, 0.2) is 10.1 Å². The van der Waals surface area contributed by atoms with Crippen molar-refractivity contribution in [3.05, 3.63) is 58.1 Å². The quantitative estimate of drug-likeness (QED) is 0.246. The first kappa shape index (κ1) is 18.3. The molecule has 0 N–H and O–H groups in total. The number of fused-ring (bicyclic) bond motifs is 1. The van der Waals surface area contributed by atoms with Crippen LogP contribution in [0.4, 0.5) is 5.69 Å². The third-order valence-electron chi connectivity index (χ3n) is 3.66. The lowest BCUT2D eigenvalue weighted by atomic mass is 10.1. The molecule has 0 unspecified atom stereocenters. The average molecular weight is 388 g/mol. The van der Waals surface area contributed by atoms with Gasteiger partial charge in [0.25, 0.3) is 5.69 Å². The molecule has 0 aliphatic heterocycles. The molecule has 0 radical (unpaired) electrons. The Morgan fingerprint density at radius 2 is 2.04 bits per heavy atom. The Balaban J connectivity index is 1.74. The second-order valence-electron chi connectivity index (χ2n) is 5.47. The van der Waals surface area contributed by atoms with Crippen molar-refractivity contribution in [2.45, 2.75) is 23.4 Å². The molecule has 1 heterocycles. The standard InChI is InChI=1S/C18H16N2O4S2/c1-3-24-14-7-4-12(5-8-14)17(21)11(2)25-18-19-15-9-6-13(20(22)23)10-16(15)26-18/h4-11H,3H2,1-2H3/t11-/m1/s1. The van der Waals surface area contributed by atoms with E-state index < -0.39 is 4.92 Å². The lowest BCUT2D eigenvalue weighted by Crippen LogP contribution is -2.13. The largest absolute Gasteiger partial charge is 0.494 e. The molecule has 3 rings (SSSR count). The van der Waals surface area contributed by atoms with Gasteiger partial charge in [-0.3, -0.25) is 14.9 Å². The Hall–Kier alpha value is -2.45. The van der Waals surface area contributed by atoms with Crippen LogP contribution >= 0.6 is 23.1 Å². The highest BCUT2D eigenvalue weighted by Crippen LogP contribution is 2.34. The second-order valence-corrected chi connectivity index (χ2v) is 8.09. The molecule has 8 heteroatoms. The van der Waals surface area contributed by atoms with E-state index in [1.165, 1.54) is 35.2 Å². The van der Waals surface area contributed by atoms with Gasteiger partial charge in [-0.2, -0.15) is 0 Å². The molecule has 0 aliphatic carbocycles. The number of ketones is 1. The van der Waals surface area contributed by atoms with E-state index >= 15 is 0 Å². The van der Waals surface area contributed by atoms with Gasteiger partial charge in [0.05, 0.1) is 27.0 Å². The zero-order valence-corrected chi connectivity index (χ0v) is 15.8. The van der Waals surface area contributed by atoms with Crippen molar-refractivity contribution in [2.75, 3.05) is 6.61 Å². The zero-order chi connectivity index (χ0) is 18.7. The summed E-state index contributed by atoms with van der Waals surface area (Å²) in [5.74, 6) is 0.736. The summed E-state index contributed by atoms with van der Waals surface area (Å²) in [5, 5.41) is 10.6. The predicted octanol–water partition coefficient (Wildman–Crippen LogP) is 4.97. The fraction of sp³-hybridized carbons (Fsp3) is 0.222. The van der Waals surface area contributed by atoms with Crippen molar-refractivity contribution in [2.24, 2.45) is 0 Å². The molecule has 134 valence electrons. The summed E-state index contributed by atoms with van der Waals surface area (Å²) in [7, 11) is 0. The van der Waals surface area contributed by atoms with Gasteiger partial charge in [0, 0.05) is 17.7 Å². The highest BCUT2D eigenvalue weighted by atomic mass is 32.2. The van der Waals surface area contributed by atoms with Crippen molar-refractivity contribution in [3.8, 4) is 5.75 Å². The van der Waals surface area contributed by atoms with Crippen molar-refractivity contribution in [1.82, 2.24) is 4.98 Å². The summed E-state index contributed by atoms with van der Waals surface area (Å²) in [4.78, 5) is 27.5. The van der Waals surface area contributed by atoms with Crippen molar-refractivity contribution >= 4 is 44.8 Å². The molecule has 6 nitrogen and oxygen atoms in total. The third kappa shape index (κ3) is 4.03. The van der Waals surface area contributed by atoms with Crippen LogP contribution in [0, 0.1) is 10.1 Å². The van der Waals surface area contributed by atoms with Gasteiger partial charge in [-0.15, -0.1) is 11.3 Å². The van der Waals surface area contributed by atoms with Gasteiger partial charge in [0.1, 0.15) is 5.75 Å². The molecule has 3 aromatic rings. The molecular weight excluding hydrogens is 372 g/mol. The van der Waals surface area contributed by atoms with Gasteiger partial charge in [-0.1, -0.05) is 11.8 Å². The molecule has 2 aromatic carbocycles. The first-order chi connectivity index (χ1) is 12.5. The molecule has 26 heavy (non-hydrogen) atoms. The highest BCUT2D eigenvalue weighted by Gasteiger charge is 2.19. The Kier molecular flexibility index (Phi) is 5.53. The van der Waals surface area contributed by atoms with Gasteiger partial charge in [-0.25, -0.2) is 4.98 Å². The predicted molar refractivity (Wildman–Crippen MR) is 104 cm³/mol. The van der Waals surface area contributed by atoms with Crippen LogP contribution in [0.3, 0.4) is 0 Å². The molecule has 1 atom stereocenters. The number of thiazole rings is 1. The number of hydrogen-bond acceptors (Lipinski definition) is 7. The fourth-order valence-corrected chi connectivity index (χ4v) is 4.70. The van der Waals surface area contributed by atoms with E-state index in [0.29, 0.717) is 22.0 Å². The Labute approximate surface area is 158 Å². The number of hydrogen-bond donors (Lipinski definition) is 0. The van der Waals surface area contributed by atoms with Crippen LogP contribution in [-0.4, -0.2) is 27.5 Å². The maximum Gasteiger partial charge on any atom is 0.270 e. The number of benzene rings is 2. The molecule has 0 saturated heterocycles. The molecule has 0 bridgehead atoms. The summed E-state index contributed by atoms with van der Waals surface area (Å²) in [6.45, 7) is 4.32. The number of Topliss-reactive ketones (excluding diaryl/α,β-unsaturated/α-hetero) is 1. The maximum absolute atomic E-state index is 12.6. The smallest absolute Gasteiger partial charge is 0.270 e. The van der Waals surface area contributed by atoms with E-state index in [9.17, 15) is 14.9 Å². The van der Waals surface area contributed by atoms with Crippen LogP contribution in [0.15, 0.2) is 46.8 Å². The first-order valence-corrected chi connectivity index (χ1v) is 9.66. The monoisotopic (exact) mass is 388 g/mol. The van der Waals surface area contributed by atoms with E-state index in [1.807, 2.05) is 13.8 Å². The van der Waals surface area contributed by atoms with Crippen molar-refractivity contribution in [1.29, 1.82) is 0 Å². The SMILES string of the molecule is CCOc1ccc(C(=O)[C@@H](C)Sc2nc3ccc([N+](=O)[O-])cc3s2)cc1. The van der Waals surface area contributed by atoms with Gasteiger partial charge in [0.2, 0.25) is 0 Å². The van der Waals surface area contributed by atoms with Crippen molar-refractivity contribution in [3.63, 3.8) is 0 Å². The van der Waals surface area contributed by atoms with Crippen LogP contribution in [0.5, 0.6) is 5.75 Å². The number of carbonyl (C=O) groups is 1. The molecule has 0 fully saturated rings. The summed E-state index contributed by atoms with van der Waals surface area (Å²) >= 11 is 2.71. The number of rotatable bonds is 7. The van der Waals surface area contributed by atoms with Crippen LogP contribution in [0.25, 0.3) is 10.2 Å². The lowest BCUT2D eigenvalue weighted by Gasteiger charge is -2.09. The van der Waals surface area contributed by atoms with E-state index in [0.717, 1.165) is 10.4 Å². The summed E-state index contributed by atoms with van der Waals surface area (Å²) in [6.07, 6.45) is 0. The number of nitrogens with zero attached hydrogens (tertiary/aromatic N) is 2. The number of non-ortho nitro benzene ring substituents is 1. The Bertz CT molecular complexity index is 953. The molecular formula is C18H16N2O4S2. The van der Waals surface area contributed by atoms with Crippen LogP contribution in [0.1, 0.15) is 24.2 Å². The van der Waals surface area contributed by atoms with Gasteiger partial charge < -0.3 is 4.74 Å². The summed E-state index contributed by atoms with van der Waals surface area (Å²) < 4.78 is 6.84. The van der Waals surface area contributed by atoms with Crippen LogP contribution < -0.4 is 4.74 Å². The molecule has 0 spiro atoms. The lowest BCUT2D eigenvalue weighted by molar-refractivity contribution is -0.384. The number of ether oxygens (including phenoxy) is 1. The number of nitro benzene ring substituents is 1. The normalized spacial score (nSPS) is 12.1. The Morgan fingerprint density at radius 1 is 1.31 bits per heavy atom. The van der Waals surface area contributed by atoms with E-state index in [2.05, 4.69) is 4.98 Å². The van der Waals surface area contributed by atoms with Crippen LogP contribution in [0.2, 0.25) is 0 Å². The average Bonchev–Trinajstić information content (AvgIpc) is 3.03. The molecule has 0 saturated carbocycles. The zero-order valence-electron chi connectivity index (χ0n) is 14.2. The second kappa shape index (κ2) is 7.84. The van der Waals surface area contributed by atoms with Gasteiger partial charge in [-0.05, 0) is 44.2 Å². The number of nitro groups is 1. The van der Waals surface area contributed by atoms with Gasteiger partial charge >= 0.3 is 0 Å². The summed E-state index contributed by atoms with van der Waals surface area (Å²) in [5.41, 5.74) is 1.35. The highest BCUT2D eigenvalue weighted by molar-refractivity contribution is 8.02. The maximum atomic E-state index is 12.6. The molecule has 1 aromatic heterocycles. The number of aromatic nitrogens is 1. The minimum Gasteiger partial charge on any atom is -0.494 e. The van der Waals surface area contributed by atoms with E-state index in [-0.39, 0.29) is 16.7 Å². The molecule has 0 amide bonds. The fourth-order valence-electron chi connectivity index (χ4n) is 2.38. The third-order valence-corrected chi connectivity index (χ3v) is 5.87. The topological polar surface area (TPSA) is 82.3 Å². The minimum atomic E-state index is -0.427. The molecule has 0 aliphatic rings.